The Bertz CT molecular complexity index is 2500. The number of ether oxygens (including phenoxy) is 1. The Morgan fingerprint density at radius 3 is 1.98 bits per heavy atom. The van der Waals surface area contributed by atoms with Crippen LogP contribution in [0.5, 0.6) is 0 Å². The molecule has 56 heavy (non-hydrogen) atoms. The summed E-state index contributed by atoms with van der Waals surface area (Å²) in [6, 6.07) is 7.73. The normalized spacial score (nSPS) is 18.5. The number of likely N-dealkylation sites (tertiary alicyclic amines) is 2. The van der Waals surface area contributed by atoms with Crippen molar-refractivity contribution in [3.8, 4) is 11.6 Å². The number of hydrogen-bond acceptors (Lipinski definition) is 10. The van der Waals surface area contributed by atoms with Gasteiger partial charge in [-0.15, -0.1) is 0 Å². The van der Waals surface area contributed by atoms with Crippen LogP contribution in [0.1, 0.15) is 84.0 Å². The van der Waals surface area contributed by atoms with E-state index in [1.54, 1.807) is 11.1 Å². The molecular weight excluding hydrogens is 717 g/mol. The summed E-state index contributed by atoms with van der Waals surface area (Å²) >= 11 is 0. The fraction of sp³-hybridized carbons (Fsp3) is 0.450. The van der Waals surface area contributed by atoms with Crippen LogP contribution >= 0.6 is 0 Å². The highest BCUT2D eigenvalue weighted by molar-refractivity contribution is 6.05. The van der Waals surface area contributed by atoms with Gasteiger partial charge in [0.05, 0.1) is 35.7 Å². The number of aromatic amines is 2. The summed E-state index contributed by atoms with van der Waals surface area (Å²) in [5, 5.41) is 7.29. The van der Waals surface area contributed by atoms with Crippen LogP contribution in [0.2, 0.25) is 0 Å². The van der Waals surface area contributed by atoms with Crippen molar-refractivity contribution in [2.45, 2.75) is 84.5 Å². The number of fused-ring (bicyclic) bond motifs is 6. The van der Waals surface area contributed by atoms with Gasteiger partial charge in [-0.1, -0.05) is 33.8 Å². The minimum Gasteiger partial charge on any atom is -0.453 e. The monoisotopic (exact) mass is 762 g/mol. The van der Waals surface area contributed by atoms with Gasteiger partial charge in [0.2, 0.25) is 23.6 Å². The molecule has 6 aromatic rings. The lowest BCUT2D eigenvalue weighted by Crippen LogP contribution is -2.51. The number of carbonyl (C=O) groups excluding carboxylic acids is 4. The van der Waals surface area contributed by atoms with Crippen molar-refractivity contribution in [3.63, 3.8) is 0 Å². The number of nitrogens with zero attached hydrogens (tertiary/aromatic N) is 6. The molecule has 4 aromatic heterocycles. The number of pyridine rings is 1. The van der Waals surface area contributed by atoms with Gasteiger partial charge in [0.1, 0.15) is 40.5 Å². The summed E-state index contributed by atoms with van der Waals surface area (Å²) in [5.74, 6) is 0.982. The fourth-order valence-corrected chi connectivity index (χ4v) is 8.16. The predicted octanol–water partition coefficient (Wildman–Crippen LogP) is 5.66. The average Bonchev–Trinajstić information content (AvgIpc) is 4.02. The molecule has 16 heteroatoms. The predicted molar refractivity (Wildman–Crippen MR) is 208 cm³/mol. The van der Waals surface area contributed by atoms with Crippen LogP contribution in [0.15, 0.2) is 40.9 Å². The number of aromatic nitrogens is 6. The molecule has 2 saturated heterocycles. The first-order valence-electron chi connectivity index (χ1n) is 19.2. The number of hydrogen-bond donors (Lipinski definition) is 4. The van der Waals surface area contributed by atoms with Crippen LogP contribution < -0.4 is 10.6 Å². The molecule has 0 saturated carbocycles. The van der Waals surface area contributed by atoms with Crippen molar-refractivity contribution >= 4 is 67.8 Å². The number of methoxy groups -OCH3 is 1. The summed E-state index contributed by atoms with van der Waals surface area (Å²) in [6.07, 6.45) is 4.27. The van der Waals surface area contributed by atoms with Gasteiger partial charge >= 0.3 is 6.09 Å². The van der Waals surface area contributed by atoms with E-state index in [1.165, 1.54) is 14.0 Å². The third-order valence-corrected chi connectivity index (χ3v) is 11.0. The van der Waals surface area contributed by atoms with Crippen LogP contribution in [0.25, 0.3) is 55.5 Å². The summed E-state index contributed by atoms with van der Waals surface area (Å²) in [4.78, 5) is 81.1. The Hall–Kier alpha value is -6.06. The Morgan fingerprint density at radius 1 is 0.804 bits per heavy atom. The van der Waals surface area contributed by atoms with Crippen LogP contribution in [0, 0.1) is 11.8 Å². The molecule has 0 unspecified atom stereocenters. The molecule has 4 N–H and O–H groups in total. The molecule has 0 bridgehead atoms. The Morgan fingerprint density at radius 2 is 1.38 bits per heavy atom. The quantitative estimate of drug-likeness (QED) is 0.142. The first-order valence-corrected chi connectivity index (χ1v) is 19.2. The number of carbonyl (C=O) groups is 4. The number of oxazole rings is 1. The van der Waals surface area contributed by atoms with Crippen LogP contribution in [0.4, 0.5) is 4.79 Å². The van der Waals surface area contributed by atoms with Crippen LogP contribution in [0.3, 0.4) is 0 Å². The molecular formula is C40H46N10O6. The topological polar surface area (TPSA) is 204 Å². The fourth-order valence-electron chi connectivity index (χ4n) is 8.16. The van der Waals surface area contributed by atoms with Gasteiger partial charge in [-0.05, 0) is 67.2 Å². The van der Waals surface area contributed by atoms with Crippen LogP contribution in [-0.4, -0.2) is 95.8 Å². The summed E-state index contributed by atoms with van der Waals surface area (Å²) < 4.78 is 11.1. The molecule has 2 aliphatic heterocycles. The molecule has 0 radical (unpaired) electrons. The van der Waals surface area contributed by atoms with E-state index in [0.717, 1.165) is 47.5 Å². The summed E-state index contributed by atoms with van der Waals surface area (Å²) in [7, 11) is 1.28. The third-order valence-electron chi connectivity index (χ3n) is 11.0. The SMILES string of the molecule is COC(=O)N[C@H](C(=O)N1CCC[C@H]1c1nc2ccc3cc(-c4nc5ccc6nc([C@@H]7CCCN7C(=O)[C@@H](NC(C)=O)C(C)C)[nH]c6c5o4)ncc3c2[nH]1)C(C)C. The first kappa shape index (κ1) is 36.9. The maximum atomic E-state index is 13.7. The van der Waals surface area contributed by atoms with Gasteiger partial charge in [0.15, 0.2) is 5.58 Å². The Labute approximate surface area is 322 Å². The van der Waals surface area contributed by atoms with Crippen molar-refractivity contribution in [2.75, 3.05) is 20.2 Å². The summed E-state index contributed by atoms with van der Waals surface area (Å²) in [5.41, 5.74) is 4.68. The number of benzene rings is 2. The zero-order valence-corrected chi connectivity index (χ0v) is 32.3. The van der Waals surface area contributed by atoms with Gasteiger partial charge in [0, 0.05) is 31.6 Å². The largest absolute Gasteiger partial charge is 0.453 e. The second kappa shape index (κ2) is 14.5. The van der Waals surface area contributed by atoms with Crippen LogP contribution in [-0.2, 0) is 19.1 Å². The van der Waals surface area contributed by atoms with E-state index in [2.05, 4.69) is 20.6 Å². The average molecular weight is 763 g/mol. The van der Waals surface area contributed by atoms with E-state index in [4.69, 9.17) is 29.1 Å². The van der Waals surface area contributed by atoms with Gasteiger partial charge in [-0.25, -0.2) is 19.7 Å². The van der Waals surface area contributed by atoms with E-state index in [-0.39, 0.29) is 41.6 Å². The second-order valence-electron chi connectivity index (χ2n) is 15.5. The highest BCUT2D eigenvalue weighted by Crippen LogP contribution is 2.37. The number of nitrogens with one attached hydrogen (secondary N) is 4. The minimum absolute atomic E-state index is 0.0655. The molecule has 2 aliphatic rings. The molecule has 4 amide bonds. The first-order chi connectivity index (χ1) is 26.9. The molecule has 2 aromatic carbocycles. The zero-order valence-electron chi connectivity index (χ0n) is 32.3. The molecule has 2 fully saturated rings. The second-order valence-corrected chi connectivity index (χ2v) is 15.5. The number of imidazole rings is 2. The lowest BCUT2D eigenvalue weighted by molar-refractivity contribution is -0.138. The smallest absolute Gasteiger partial charge is 0.407 e. The molecule has 0 aliphatic carbocycles. The number of H-pyrrole nitrogens is 2. The minimum atomic E-state index is -0.720. The molecule has 0 spiro atoms. The molecule has 292 valence electrons. The Balaban J connectivity index is 1.07. The summed E-state index contributed by atoms with van der Waals surface area (Å²) in [6.45, 7) is 10.2. The highest BCUT2D eigenvalue weighted by atomic mass is 16.5. The molecule has 6 heterocycles. The van der Waals surface area contributed by atoms with Gasteiger partial charge in [0.25, 0.3) is 0 Å². The number of alkyl carbamates (subject to hydrolysis) is 1. The number of rotatable bonds is 9. The van der Waals surface area contributed by atoms with Crippen molar-refractivity contribution in [1.29, 1.82) is 0 Å². The third kappa shape index (κ3) is 6.56. The maximum absolute atomic E-state index is 13.7. The van der Waals surface area contributed by atoms with E-state index >= 15 is 0 Å². The standard InChI is InChI=1S/C40H46N10O6/c1-19(2)30(42-21(5)51)38(52)49-15-8-10-29(49)36-44-25-13-14-26-34(33(25)47-36)56-37(45-26)27-17-22-11-12-24-32(23(22)18-41-27)46-35(43-24)28-9-7-16-50(28)39(53)31(20(3)4)48-40(54)55-6/h11-14,17-20,28-31H,7-10,15-16H2,1-6H3,(H,42,51)(H,43,46)(H,44,47)(H,48,54)/t28-,29-,30-,31-/m0/s1. The van der Waals surface area contributed by atoms with E-state index < -0.39 is 18.2 Å². The molecule has 4 atom stereocenters. The maximum Gasteiger partial charge on any atom is 0.407 e. The van der Waals surface area contributed by atoms with E-state index in [9.17, 15) is 19.2 Å². The zero-order chi connectivity index (χ0) is 39.4. The highest BCUT2D eigenvalue weighted by Gasteiger charge is 2.39. The van der Waals surface area contributed by atoms with Crippen molar-refractivity contribution in [1.82, 2.24) is 50.3 Å². The Kier molecular flexibility index (Phi) is 9.58. The molecule has 8 rings (SSSR count). The lowest BCUT2D eigenvalue weighted by Gasteiger charge is -2.30. The molecule has 16 nitrogen and oxygen atoms in total. The van der Waals surface area contributed by atoms with Gasteiger partial charge in [-0.3, -0.25) is 19.4 Å². The van der Waals surface area contributed by atoms with Gasteiger partial charge < -0.3 is 39.6 Å². The van der Waals surface area contributed by atoms with Crippen molar-refractivity contribution in [3.05, 3.63) is 48.2 Å². The van der Waals surface area contributed by atoms with Crippen molar-refractivity contribution in [2.24, 2.45) is 11.8 Å². The van der Waals surface area contributed by atoms with Gasteiger partial charge in [-0.2, -0.15) is 0 Å². The van der Waals surface area contributed by atoms with E-state index in [1.807, 2.05) is 62.9 Å². The van der Waals surface area contributed by atoms with Crippen molar-refractivity contribution < 1.29 is 28.3 Å². The number of amides is 4. The lowest BCUT2D eigenvalue weighted by atomic mass is 10.0. The van der Waals surface area contributed by atoms with E-state index in [0.29, 0.717) is 58.5 Å².